The number of pyridine rings is 1. The van der Waals surface area contributed by atoms with Gasteiger partial charge in [0.15, 0.2) is 5.96 Å². The van der Waals surface area contributed by atoms with Crippen molar-refractivity contribution in [2.24, 2.45) is 10.7 Å². The average Bonchev–Trinajstić information content (AvgIpc) is 2.50. The van der Waals surface area contributed by atoms with Crippen LogP contribution in [0.2, 0.25) is 5.02 Å². The fourth-order valence-electron chi connectivity index (χ4n) is 1.70. The van der Waals surface area contributed by atoms with Crippen LogP contribution in [-0.4, -0.2) is 22.4 Å². The molecule has 0 spiro atoms. The standard InChI is InChI=1S/C14H14ClN5O2/c15-11-3-1-10(2-4-11)7-8-17-14(16)19-13-6-5-12(9-18-13)20(21)22/h1-6,9H,7-8H2,(H3,16,17,18,19). The molecule has 0 saturated carbocycles. The van der Waals surface area contributed by atoms with Gasteiger partial charge in [0.05, 0.1) is 4.92 Å². The Hall–Kier alpha value is -2.67. The summed E-state index contributed by atoms with van der Waals surface area (Å²) in [6.07, 6.45) is 1.89. The van der Waals surface area contributed by atoms with E-state index in [0.29, 0.717) is 17.4 Å². The van der Waals surface area contributed by atoms with Crippen molar-refractivity contribution in [2.45, 2.75) is 6.42 Å². The number of nitrogens with two attached hydrogens (primary N) is 1. The van der Waals surface area contributed by atoms with E-state index < -0.39 is 4.92 Å². The van der Waals surface area contributed by atoms with E-state index in [1.54, 1.807) is 0 Å². The zero-order chi connectivity index (χ0) is 15.9. The lowest BCUT2D eigenvalue weighted by molar-refractivity contribution is -0.385. The van der Waals surface area contributed by atoms with Crippen molar-refractivity contribution >= 4 is 29.1 Å². The summed E-state index contributed by atoms with van der Waals surface area (Å²) in [5.74, 6) is 0.605. The zero-order valence-corrected chi connectivity index (χ0v) is 12.3. The molecule has 0 aliphatic carbocycles. The predicted molar refractivity (Wildman–Crippen MR) is 86.2 cm³/mol. The van der Waals surface area contributed by atoms with Gasteiger partial charge in [-0.15, -0.1) is 0 Å². The van der Waals surface area contributed by atoms with Crippen LogP contribution in [0.3, 0.4) is 0 Å². The number of hydrogen-bond acceptors (Lipinski definition) is 4. The second-order valence-corrected chi connectivity index (χ2v) is 4.86. The van der Waals surface area contributed by atoms with Gasteiger partial charge in [0, 0.05) is 17.6 Å². The molecule has 1 aromatic carbocycles. The number of nitrogens with zero attached hydrogens (tertiary/aromatic N) is 3. The summed E-state index contributed by atoms with van der Waals surface area (Å²) in [5, 5.41) is 14.0. The van der Waals surface area contributed by atoms with E-state index in [1.165, 1.54) is 12.1 Å². The van der Waals surface area contributed by atoms with E-state index in [2.05, 4.69) is 15.3 Å². The van der Waals surface area contributed by atoms with E-state index in [0.717, 1.165) is 18.2 Å². The number of benzene rings is 1. The van der Waals surface area contributed by atoms with Crippen LogP contribution < -0.4 is 11.1 Å². The molecule has 2 aromatic rings. The first-order valence-electron chi connectivity index (χ1n) is 6.46. The van der Waals surface area contributed by atoms with Crippen LogP contribution in [0.15, 0.2) is 47.6 Å². The minimum Gasteiger partial charge on any atom is -0.370 e. The molecular formula is C14H14ClN5O2. The maximum atomic E-state index is 10.5. The molecule has 3 N–H and O–H groups in total. The first-order chi connectivity index (χ1) is 10.5. The van der Waals surface area contributed by atoms with Gasteiger partial charge in [-0.3, -0.25) is 15.1 Å². The topological polar surface area (TPSA) is 106 Å². The molecule has 1 heterocycles. The van der Waals surface area contributed by atoms with Crippen LogP contribution in [0.25, 0.3) is 0 Å². The largest absolute Gasteiger partial charge is 0.370 e. The SMILES string of the molecule is NC(=NCCc1ccc(Cl)cc1)Nc1ccc([N+](=O)[O-])cn1. The number of aliphatic imine (C=N–C) groups is 1. The number of aromatic nitrogens is 1. The third kappa shape index (κ3) is 4.71. The first kappa shape index (κ1) is 15.7. The Morgan fingerprint density at radius 3 is 2.64 bits per heavy atom. The molecule has 0 amide bonds. The highest BCUT2D eigenvalue weighted by Crippen LogP contribution is 2.12. The predicted octanol–water partition coefficient (Wildman–Crippen LogP) is 2.61. The molecule has 0 radical (unpaired) electrons. The second-order valence-electron chi connectivity index (χ2n) is 4.43. The van der Waals surface area contributed by atoms with Gasteiger partial charge in [0.2, 0.25) is 0 Å². The maximum Gasteiger partial charge on any atom is 0.287 e. The highest BCUT2D eigenvalue weighted by molar-refractivity contribution is 6.30. The number of nitrogens with one attached hydrogen (secondary N) is 1. The highest BCUT2D eigenvalue weighted by Gasteiger charge is 2.05. The quantitative estimate of drug-likeness (QED) is 0.381. The summed E-state index contributed by atoms with van der Waals surface area (Å²) in [7, 11) is 0. The van der Waals surface area contributed by atoms with Gasteiger partial charge in [-0.2, -0.15) is 0 Å². The van der Waals surface area contributed by atoms with Crippen LogP contribution >= 0.6 is 11.6 Å². The third-order valence-electron chi connectivity index (χ3n) is 2.81. The van der Waals surface area contributed by atoms with Crippen molar-refractivity contribution in [1.82, 2.24) is 4.98 Å². The Morgan fingerprint density at radius 1 is 1.32 bits per heavy atom. The van der Waals surface area contributed by atoms with Gasteiger partial charge >= 0.3 is 0 Å². The van der Waals surface area contributed by atoms with Crippen molar-refractivity contribution in [3.8, 4) is 0 Å². The number of guanidine groups is 1. The molecule has 0 atom stereocenters. The number of rotatable bonds is 5. The monoisotopic (exact) mass is 319 g/mol. The zero-order valence-electron chi connectivity index (χ0n) is 11.6. The maximum absolute atomic E-state index is 10.5. The summed E-state index contributed by atoms with van der Waals surface area (Å²) in [5.41, 5.74) is 6.76. The molecule has 114 valence electrons. The average molecular weight is 320 g/mol. The Labute approximate surface area is 132 Å². The fourth-order valence-corrected chi connectivity index (χ4v) is 1.82. The summed E-state index contributed by atoms with van der Waals surface area (Å²) < 4.78 is 0. The molecular weight excluding hydrogens is 306 g/mol. The van der Waals surface area contributed by atoms with Gasteiger partial charge in [-0.05, 0) is 30.2 Å². The number of nitro groups is 1. The van der Waals surface area contributed by atoms with Crippen molar-refractivity contribution < 1.29 is 4.92 Å². The molecule has 1 aromatic heterocycles. The fraction of sp³-hybridized carbons (Fsp3) is 0.143. The van der Waals surface area contributed by atoms with E-state index in [-0.39, 0.29) is 11.6 Å². The smallest absolute Gasteiger partial charge is 0.287 e. The molecule has 0 aliphatic rings. The molecule has 0 unspecified atom stereocenters. The molecule has 0 saturated heterocycles. The van der Waals surface area contributed by atoms with Gasteiger partial charge in [0.1, 0.15) is 12.0 Å². The molecule has 0 aliphatic heterocycles. The molecule has 0 bridgehead atoms. The highest BCUT2D eigenvalue weighted by atomic mass is 35.5. The normalized spacial score (nSPS) is 11.2. The Morgan fingerprint density at radius 2 is 2.05 bits per heavy atom. The van der Waals surface area contributed by atoms with Gasteiger partial charge in [-0.1, -0.05) is 23.7 Å². The van der Waals surface area contributed by atoms with Gasteiger partial charge in [-0.25, -0.2) is 4.98 Å². The van der Waals surface area contributed by atoms with Crippen molar-refractivity contribution in [1.29, 1.82) is 0 Å². The Kier molecular flexibility index (Phi) is 5.26. The molecule has 22 heavy (non-hydrogen) atoms. The van der Waals surface area contributed by atoms with Crippen molar-refractivity contribution in [3.63, 3.8) is 0 Å². The van der Waals surface area contributed by atoms with Crippen LogP contribution in [0, 0.1) is 10.1 Å². The van der Waals surface area contributed by atoms with Crippen LogP contribution in [0.5, 0.6) is 0 Å². The summed E-state index contributed by atoms with van der Waals surface area (Å²) in [6, 6.07) is 10.3. The number of anilines is 1. The first-order valence-corrected chi connectivity index (χ1v) is 6.84. The summed E-state index contributed by atoms with van der Waals surface area (Å²) in [6.45, 7) is 0.507. The number of halogens is 1. The molecule has 7 nitrogen and oxygen atoms in total. The minimum absolute atomic E-state index is 0.0798. The van der Waals surface area contributed by atoms with Gasteiger partial charge in [0.25, 0.3) is 5.69 Å². The van der Waals surface area contributed by atoms with Gasteiger partial charge < -0.3 is 11.1 Å². The van der Waals surface area contributed by atoms with E-state index in [9.17, 15) is 10.1 Å². The number of hydrogen-bond donors (Lipinski definition) is 2. The lowest BCUT2D eigenvalue weighted by Crippen LogP contribution is -2.23. The Bertz CT molecular complexity index is 671. The molecule has 2 rings (SSSR count). The van der Waals surface area contributed by atoms with E-state index in [1.807, 2.05) is 24.3 Å². The van der Waals surface area contributed by atoms with Crippen LogP contribution in [0.1, 0.15) is 5.56 Å². The summed E-state index contributed by atoms with van der Waals surface area (Å²) >= 11 is 5.81. The van der Waals surface area contributed by atoms with Crippen LogP contribution in [-0.2, 0) is 6.42 Å². The third-order valence-corrected chi connectivity index (χ3v) is 3.06. The lowest BCUT2D eigenvalue weighted by atomic mass is 10.1. The second kappa shape index (κ2) is 7.37. The molecule has 0 fully saturated rings. The van der Waals surface area contributed by atoms with Crippen LogP contribution in [0.4, 0.5) is 11.5 Å². The molecule has 8 heteroatoms. The minimum atomic E-state index is -0.514. The Balaban J connectivity index is 1.86. The lowest BCUT2D eigenvalue weighted by Gasteiger charge is -2.04. The summed E-state index contributed by atoms with van der Waals surface area (Å²) in [4.78, 5) is 18.1. The van der Waals surface area contributed by atoms with E-state index in [4.69, 9.17) is 17.3 Å². The van der Waals surface area contributed by atoms with Crippen molar-refractivity contribution in [3.05, 3.63) is 63.3 Å². The van der Waals surface area contributed by atoms with Crippen molar-refractivity contribution in [2.75, 3.05) is 11.9 Å². The van der Waals surface area contributed by atoms with E-state index >= 15 is 0 Å².